The standard InChI is InChI=1S/C27H29FN2O4/c1-19(31)30(18-21-9-12-23(28)13-10-21)26(22-7-5-4-6-8-22)27(32)29-16-15-20-11-14-24(33-2)25(17-20)34-3/h4-14,17,26H,15-16,18H2,1-3H3,(H,29,32)/t26-/m0/s1. The van der Waals surface area contributed by atoms with Crippen molar-refractivity contribution in [1.82, 2.24) is 10.2 Å². The number of carbonyl (C=O) groups excluding carboxylic acids is 2. The lowest BCUT2D eigenvalue weighted by Crippen LogP contribution is -2.43. The van der Waals surface area contributed by atoms with Crippen LogP contribution in [0.1, 0.15) is 29.7 Å². The number of halogens is 1. The molecule has 2 amide bonds. The molecule has 6 nitrogen and oxygen atoms in total. The van der Waals surface area contributed by atoms with Crippen LogP contribution in [0.5, 0.6) is 11.5 Å². The van der Waals surface area contributed by atoms with E-state index in [-0.39, 0.29) is 24.2 Å². The van der Waals surface area contributed by atoms with E-state index in [4.69, 9.17) is 9.47 Å². The van der Waals surface area contributed by atoms with E-state index in [9.17, 15) is 14.0 Å². The third-order valence-electron chi connectivity index (χ3n) is 5.51. The molecule has 0 bridgehead atoms. The van der Waals surface area contributed by atoms with Gasteiger partial charge in [-0.2, -0.15) is 0 Å². The van der Waals surface area contributed by atoms with Gasteiger partial charge in [-0.25, -0.2) is 4.39 Å². The van der Waals surface area contributed by atoms with E-state index in [0.717, 1.165) is 11.1 Å². The maximum Gasteiger partial charge on any atom is 0.247 e. The van der Waals surface area contributed by atoms with Crippen molar-refractivity contribution >= 4 is 11.8 Å². The van der Waals surface area contributed by atoms with Gasteiger partial charge in [-0.15, -0.1) is 0 Å². The van der Waals surface area contributed by atoms with Gasteiger partial charge in [0.2, 0.25) is 11.8 Å². The number of rotatable bonds is 10. The smallest absolute Gasteiger partial charge is 0.247 e. The topological polar surface area (TPSA) is 67.9 Å². The van der Waals surface area contributed by atoms with Gasteiger partial charge >= 0.3 is 0 Å². The fraction of sp³-hybridized carbons (Fsp3) is 0.259. The Bertz CT molecular complexity index is 1100. The molecule has 34 heavy (non-hydrogen) atoms. The van der Waals surface area contributed by atoms with Crippen LogP contribution in [0.2, 0.25) is 0 Å². The summed E-state index contributed by atoms with van der Waals surface area (Å²) in [6.07, 6.45) is 0.575. The lowest BCUT2D eigenvalue weighted by atomic mass is 10.0. The molecule has 0 fully saturated rings. The van der Waals surface area contributed by atoms with Crippen molar-refractivity contribution in [2.75, 3.05) is 20.8 Å². The molecule has 1 atom stereocenters. The monoisotopic (exact) mass is 464 g/mol. The van der Waals surface area contributed by atoms with Gasteiger partial charge in [-0.1, -0.05) is 48.5 Å². The number of hydrogen-bond acceptors (Lipinski definition) is 4. The molecule has 0 aliphatic rings. The Morgan fingerprint density at radius 1 is 0.912 bits per heavy atom. The molecule has 3 aromatic carbocycles. The zero-order valence-corrected chi connectivity index (χ0v) is 19.6. The number of nitrogens with zero attached hydrogens (tertiary/aromatic N) is 1. The molecule has 0 saturated heterocycles. The highest BCUT2D eigenvalue weighted by Crippen LogP contribution is 2.28. The van der Waals surface area contributed by atoms with Crippen molar-refractivity contribution in [2.24, 2.45) is 0 Å². The van der Waals surface area contributed by atoms with Crippen LogP contribution in [0, 0.1) is 5.82 Å². The molecule has 0 radical (unpaired) electrons. The Balaban J connectivity index is 1.77. The summed E-state index contributed by atoms with van der Waals surface area (Å²) in [6.45, 7) is 1.98. The van der Waals surface area contributed by atoms with E-state index in [2.05, 4.69) is 5.32 Å². The van der Waals surface area contributed by atoms with Crippen LogP contribution >= 0.6 is 0 Å². The number of benzene rings is 3. The largest absolute Gasteiger partial charge is 0.493 e. The zero-order chi connectivity index (χ0) is 24.5. The first-order valence-electron chi connectivity index (χ1n) is 11.0. The van der Waals surface area contributed by atoms with Crippen molar-refractivity contribution in [3.63, 3.8) is 0 Å². The van der Waals surface area contributed by atoms with Gasteiger partial charge in [0.25, 0.3) is 0 Å². The van der Waals surface area contributed by atoms with E-state index in [0.29, 0.717) is 30.0 Å². The summed E-state index contributed by atoms with van der Waals surface area (Å²) in [5.74, 6) is 0.357. The second kappa shape index (κ2) is 11.8. The average Bonchev–Trinajstić information content (AvgIpc) is 2.85. The van der Waals surface area contributed by atoms with E-state index >= 15 is 0 Å². The summed E-state index contributed by atoms with van der Waals surface area (Å²) in [7, 11) is 3.15. The average molecular weight is 465 g/mol. The molecule has 178 valence electrons. The van der Waals surface area contributed by atoms with E-state index in [1.807, 2.05) is 48.5 Å². The number of hydrogen-bond donors (Lipinski definition) is 1. The van der Waals surface area contributed by atoms with Crippen molar-refractivity contribution in [3.8, 4) is 11.5 Å². The maximum absolute atomic E-state index is 13.3. The summed E-state index contributed by atoms with van der Waals surface area (Å²) in [5, 5.41) is 2.96. The van der Waals surface area contributed by atoms with Crippen molar-refractivity contribution in [2.45, 2.75) is 25.9 Å². The fourth-order valence-electron chi connectivity index (χ4n) is 3.74. The van der Waals surface area contributed by atoms with Crippen LogP contribution in [0.25, 0.3) is 0 Å². The van der Waals surface area contributed by atoms with E-state index in [1.54, 1.807) is 26.4 Å². The lowest BCUT2D eigenvalue weighted by Gasteiger charge is -2.30. The highest BCUT2D eigenvalue weighted by molar-refractivity contribution is 5.88. The second-order valence-electron chi connectivity index (χ2n) is 7.82. The van der Waals surface area contributed by atoms with Crippen LogP contribution in [0.3, 0.4) is 0 Å². The fourth-order valence-corrected chi connectivity index (χ4v) is 3.74. The van der Waals surface area contributed by atoms with Gasteiger partial charge in [-0.3, -0.25) is 9.59 Å². The SMILES string of the molecule is COc1ccc(CCNC(=O)[C@H](c2ccccc2)N(Cc2ccc(F)cc2)C(C)=O)cc1OC. The summed E-state index contributed by atoms with van der Waals surface area (Å²) in [6, 6.07) is 19.8. The second-order valence-corrected chi connectivity index (χ2v) is 7.82. The number of amides is 2. The first-order chi connectivity index (χ1) is 16.4. The number of methoxy groups -OCH3 is 2. The highest BCUT2D eigenvalue weighted by atomic mass is 19.1. The van der Waals surface area contributed by atoms with Crippen LogP contribution in [-0.2, 0) is 22.6 Å². The van der Waals surface area contributed by atoms with Gasteiger partial charge < -0.3 is 19.7 Å². The highest BCUT2D eigenvalue weighted by Gasteiger charge is 2.29. The van der Waals surface area contributed by atoms with Gasteiger partial charge in [-0.05, 0) is 47.4 Å². The normalized spacial score (nSPS) is 11.4. The molecule has 0 aliphatic carbocycles. The van der Waals surface area contributed by atoms with Crippen LogP contribution in [0.4, 0.5) is 4.39 Å². The number of carbonyl (C=O) groups is 2. The molecule has 3 aromatic rings. The number of ether oxygens (including phenoxy) is 2. The maximum atomic E-state index is 13.3. The quantitative estimate of drug-likeness (QED) is 0.486. The van der Waals surface area contributed by atoms with Crippen molar-refractivity contribution in [3.05, 3.63) is 95.3 Å². The molecular weight excluding hydrogens is 435 g/mol. The summed E-state index contributed by atoms with van der Waals surface area (Å²) in [5.41, 5.74) is 2.41. The minimum atomic E-state index is -0.825. The minimum Gasteiger partial charge on any atom is -0.493 e. The minimum absolute atomic E-state index is 0.179. The van der Waals surface area contributed by atoms with Gasteiger partial charge in [0.05, 0.1) is 14.2 Å². The Morgan fingerprint density at radius 3 is 2.18 bits per heavy atom. The Morgan fingerprint density at radius 2 is 1.56 bits per heavy atom. The van der Waals surface area contributed by atoms with Crippen LogP contribution in [0.15, 0.2) is 72.8 Å². The molecule has 0 aliphatic heterocycles. The third-order valence-corrected chi connectivity index (χ3v) is 5.51. The van der Waals surface area contributed by atoms with Gasteiger partial charge in [0, 0.05) is 20.0 Å². The Kier molecular flexibility index (Phi) is 8.62. The molecule has 0 heterocycles. The predicted octanol–water partition coefficient (Wildman–Crippen LogP) is 4.29. The Labute approximate surface area is 199 Å². The molecule has 0 unspecified atom stereocenters. The molecule has 0 spiro atoms. The molecular formula is C27H29FN2O4. The molecule has 3 rings (SSSR count). The Hall–Kier alpha value is -3.87. The van der Waals surface area contributed by atoms with Gasteiger partial charge in [0.1, 0.15) is 11.9 Å². The number of nitrogens with one attached hydrogen (secondary N) is 1. The van der Waals surface area contributed by atoms with Crippen molar-refractivity contribution < 1.29 is 23.5 Å². The predicted molar refractivity (Wildman–Crippen MR) is 128 cm³/mol. The third kappa shape index (κ3) is 6.34. The summed E-state index contributed by atoms with van der Waals surface area (Å²) < 4.78 is 24.0. The van der Waals surface area contributed by atoms with E-state index in [1.165, 1.54) is 24.0 Å². The first kappa shape index (κ1) is 24.8. The van der Waals surface area contributed by atoms with Crippen LogP contribution in [-0.4, -0.2) is 37.5 Å². The summed E-state index contributed by atoms with van der Waals surface area (Å²) >= 11 is 0. The van der Waals surface area contributed by atoms with Gasteiger partial charge in [0.15, 0.2) is 11.5 Å². The van der Waals surface area contributed by atoms with Crippen molar-refractivity contribution in [1.29, 1.82) is 0 Å². The lowest BCUT2D eigenvalue weighted by molar-refractivity contribution is -0.140. The molecule has 1 N–H and O–H groups in total. The summed E-state index contributed by atoms with van der Waals surface area (Å²) in [4.78, 5) is 27.4. The van der Waals surface area contributed by atoms with Crippen LogP contribution < -0.4 is 14.8 Å². The van der Waals surface area contributed by atoms with E-state index < -0.39 is 6.04 Å². The molecule has 0 saturated carbocycles. The zero-order valence-electron chi connectivity index (χ0n) is 19.6. The first-order valence-corrected chi connectivity index (χ1v) is 11.0. The molecule has 7 heteroatoms. The molecule has 0 aromatic heterocycles.